The van der Waals surface area contributed by atoms with E-state index in [0.29, 0.717) is 12.1 Å². The van der Waals surface area contributed by atoms with E-state index in [2.05, 4.69) is 37.7 Å². The van der Waals surface area contributed by atoms with Crippen molar-refractivity contribution in [2.75, 3.05) is 13.2 Å². The van der Waals surface area contributed by atoms with Crippen LogP contribution in [0.5, 0.6) is 0 Å². The Morgan fingerprint density at radius 3 is 2.67 bits per heavy atom. The zero-order chi connectivity index (χ0) is 15.2. The molecule has 120 valence electrons. The molecule has 1 aliphatic heterocycles. The molecular formula is C17H31N3O. The lowest BCUT2D eigenvalue weighted by Crippen LogP contribution is -2.26. The van der Waals surface area contributed by atoms with Crippen molar-refractivity contribution in [3.8, 4) is 0 Å². The number of nitrogens with zero attached hydrogens (tertiary/aromatic N) is 2. The first-order valence-corrected chi connectivity index (χ1v) is 8.64. The number of aromatic nitrogens is 2. The quantitative estimate of drug-likeness (QED) is 0.839. The lowest BCUT2D eigenvalue weighted by Gasteiger charge is -2.23. The van der Waals surface area contributed by atoms with Gasteiger partial charge in [-0.3, -0.25) is 4.68 Å². The minimum Gasteiger partial charge on any atom is -0.376 e. The standard InChI is InChI=1S/C17H31N3O/c1-5-15-17(13(4)18-7-3)16(6-2)20(19-15)12-14-10-8-9-11-21-14/h13-14,18H,5-12H2,1-4H3. The first kappa shape index (κ1) is 16.5. The predicted molar refractivity (Wildman–Crippen MR) is 86.7 cm³/mol. The molecule has 4 heteroatoms. The number of rotatable bonds is 7. The van der Waals surface area contributed by atoms with Gasteiger partial charge in [-0.1, -0.05) is 20.8 Å². The summed E-state index contributed by atoms with van der Waals surface area (Å²) in [4.78, 5) is 0. The van der Waals surface area contributed by atoms with Gasteiger partial charge in [0.1, 0.15) is 0 Å². The molecule has 1 fully saturated rings. The fraction of sp³-hybridized carbons (Fsp3) is 0.824. The topological polar surface area (TPSA) is 39.1 Å². The van der Waals surface area contributed by atoms with E-state index in [1.165, 1.54) is 36.2 Å². The van der Waals surface area contributed by atoms with E-state index in [4.69, 9.17) is 9.84 Å². The number of nitrogens with one attached hydrogen (secondary N) is 1. The second-order valence-electron chi connectivity index (χ2n) is 5.96. The second kappa shape index (κ2) is 7.95. The van der Waals surface area contributed by atoms with Crippen LogP contribution in [-0.4, -0.2) is 29.0 Å². The van der Waals surface area contributed by atoms with Gasteiger partial charge in [0, 0.05) is 23.9 Å². The van der Waals surface area contributed by atoms with Crippen molar-refractivity contribution in [1.82, 2.24) is 15.1 Å². The van der Waals surface area contributed by atoms with Gasteiger partial charge in [0.2, 0.25) is 0 Å². The molecule has 1 N–H and O–H groups in total. The second-order valence-corrected chi connectivity index (χ2v) is 5.96. The van der Waals surface area contributed by atoms with Gasteiger partial charge in [0.05, 0.1) is 18.3 Å². The van der Waals surface area contributed by atoms with Gasteiger partial charge in [0.25, 0.3) is 0 Å². The molecule has 4 nitrogen and oxygen atoms in total. The summed E-state index contributed by atoms with van der Waals surface area (Å²) in [7, 11) is 0. The van der Waals surface area contributed by atoms with Crippen molar-refractivity contribution in [3.63, 3.8) is 0 Å². The van der Waals surface area contributed by atoms with Gasteiger partial charge in [0.15, 0.2) is 0 Å². The fourth-order valence-corrected chi connectivity index (χ4v) is 3.40. The van der Waals surface area contributed by atoms with Crippen LogP contribution in [-0.2, 0) is 24.1 Å². The zero-order valence-electron chi connectivity index (χ0n) is 14.1. The van der Waals surface area contributed by atoms with E-state index in [1.54, 1.807) is 0 Å². The molecule has 0 saturated carbocycles. The lowest BCUT2D eigenvalue weighted by atomic mass is 10.0. The van der Waals surface area contributed by atoms with E-state index < -0.39 is 0 Å². The van der Waals surface area contributed by atoms with Crippen LogP contribution in [0, 0.1) is 0 Å². The van der Waals surface area contributed by atoms with Gasteiger partial charge in [-0.2, -0.15) is 5.10 Å². The fourth-order valence-electron chi connectivity index (χ4n) is 3.40. The Morgan fingerprint density at radius 2 is 2.10 bits per heavy atom. The lowest BCUT2D eigenvalue weighted by molar-refractivity contribution is 0.00347. The Morgan fingerprint density at radius 1 is 1.29 bits per heavy atom. The van der Waals surface area contributed by atoms with Crippen molar-refractivity contribution in [1.29, 1.82) is 0 Å². The summed E-state index contributed by atoms with van der Waals surface area (Å²) in [5, 5.41) is 8.44. The maximum atomic E-state index is 5.90. The monoisotopic (exact) mass is 293 g/mol. The van der Waals surface area contributed by atoms with E-state index in [1.807, 2.05) is 0 Å². The largest absolute Gasteiger partial charge is 0.376 e. The highest BCUT2D eigenvalue weighted by atomic mass is 16.5. The van der Waals surface area contributed by atoms with Crippen LogP contribution in [0.25, 0.3) is 0 Å². The molecule has 1 aromatic rings. The number of ether oxygens (including phenoxy) is 1. The first-order valence-electron chi connectivity index (χ1n) is 8.64. The van der Waals surface area contributed by atoms with Crippen molar-refractivity contribution in [3.05, 3.63) is 17.0 Å². The number of hydrogen-bond donors (Lipinski definition) is 1. The molecule has 1 aliphatic rings. The number of aryl methyl sites for hydroxylation is 1. The summed E-state index contributed by atoms with van der Waals surface area (Å²) >= 11 is 0. The molecule has 0 aromatic carbocycles. The molecule has 2 unspecified atom stereocenters. The van der Waals surface area contributed by atoms with Crippen LogP contribution in [0.2, 0.25) is 0 Å². The normalized spacial score (nSPS) is 20.7. The molecular weight excluding hydrogens is 262 g/mol. The van der Waals surface area contributed by atoms with Crippen molar-refractivity contribution < 1.29 is 4.74 Å². The Kier molecular flexibility index (Phi) is 6.24. The summed E-state index contributed by atoms with van der Waals surface area (Å²) in [5.74, 6) is 0. The smallest absolute Gasteiger partial charge is 0.0771 e. The van der Waals surface area contributed by atoms with Crippen molar-refractivity contribution in [2.24, 2.45) is 0 Å². The van der Waals surface area contributed by atoms with Gasteiger partial charge < -0.3 is 10.1 Å². The number of hydrogen-bond acceptors (Lipinski definition) is 3. The minimum absolute atomic E-state index is 0.343. The molecule has 2 heterocycles. The highest BCUT2D eigenvalue weighted by Crippen LogP contribution is 2.25. The average molecular weight is 293 g/mol. The molecule has 1 aromatic heterocycles. The predicted octanol–water partition coefficient (Wildman–Crippen LogP) is 3.25. The summed E-state index contributed by atoms with van der Waals surface area (Å²) < 4.78 is 8.12. The molecule has 0 aliphatic carbocycles. The Hall–Kier alpha value is -0.870. The van der Waals surface area contributed by atoms with Crippen molar-refractivity contribution in [2.45, 2.75) is 78.5 Å². The Bertz CT molecular complexity index is 435. The third kappa shape index (κ3) is 3.86. The molecule has 0 spiro atoms. The van der Waals surface area contributed by atoms with Crippen LogP contribution in [0.15, 0.2) is 0 Å². The highest BCUT2D eigenvalue weighted by molar-refractivity contribution is 5.30. The zero-order valence-corrected chi connectivity index (χ0v) is 14.1. The van der Waals surface area contributed by atoms with Gasteiger partial charge in [-0.15, -0.1) is 0 Å². The van der Waals surface area contributed by atoms with Crippen LogP contribution in [0.1, 0.15) is 70.0 Å². The summed E-state index contributed by atoms with van der Waals surface area (Å²) in [6.45, 7) is 11.7. The Balaban J connectivity index is 2.23. The molecule has 0 bridgehead atoms. The molecule has 2 atom stereocenters. The van der Waals surface area contributed by atoms with Crippen LogP contribution in [0.4, 0.5) is 0 Å². The molecule has 2 rings (SSSR count). The van der Waals surface area contributed by atoms with Gasteiger partial charge >= 0.3 is 0 Å². The van der Waals surface area contributed by atoms with E-state index in [-0.39, 0.29) is 0 Å². The molecule has 1 saturated heterocycles. The molecule has 21 heavy (non-hydrogen) atoms. The molecule has 0 amide bonds. The summed E-state index contributed by atoms with van der Waals surface area (Å²) in [6.07, 6.45) is 6.04. The SMILES string of the molecule is CCNC(C)c1c(CC)nn(CC2CCCCO2)c1CC. The molecule has 0 radical (unpaired) electrons. The van der Waals surface area contributed by atoms with Gasteiger partial charge in [-0.25, -0.2) is 0 Å². The minimum atomic E-state index is 0.343. The van der Waals surface area contributed by atoms with Crippen LogP contribution in [0.3, 0.4) is 0 Å². The van der Waals surface area contributed by atoms with Crippen LogP contribution >= 0.6 is 0 Å². The summed E-state index contributed by atoms with van der Waals surface area (Å²) in [6, 6.07) is 0.376. The van der Waals surface area contributed by atoms with Gasteiger partial charge in [-0.05, 0) is 45.6 Å². The highest BCUT2D eigenvalue weighted by Gasteiger charge is 2.22. The third-order valence-electron chi connectivity index (χ3n) is 4.44. The maximum Gasteiger partial charge on any atom is 0.0771 e. The van der Waals surface area contributed by atoms with E-state index >= 15 is 0 Å². The first-order chi connectivity index (χ1) is 10.2. The van der Waals surface area contributed by atoms with Crippen molar-refractivity contribution >= 4 is 0 Å². The van der Waals surface area contributed by atoms with E-state index in [0.717, 1.165) is 32.5 Å². The third-order valence-corrected chi connectivity index (χ3v) is 4.44. The van der Waals surface area contributed by atoms with E-state index in [9.17, 15) is 0 Å². The Labute approximate surface area is 129 Å². The maximum absolute atomic E-state index is 5.90. The summed E-state index contributed by atoms with van der Waals surface area (Å²) in [5.41, 5.74) is 4.04. The average Bonchev–Trinajstić information content (AvgIpc) is 2.86. The van der Waals surface area contributed by atoms with Crippen LogP contribution < -0.4 is 5.32 Å².